The van der Waals surface area contributed by atoms with Gasteiger partial charge in [0, 0.05) is 62.4 Å². The number of likely N-dealkylation sites (N-methyl/N-ethyl adjacent to an activating group) is 1. The highest BCUT2D eigenvalue weighted by Crippen LogP contribution is 2.42. The molecule has 156 valence electrons. The molecule has 0 spiro atoms. The molecular weight excluding hydrogens is 419 g/mol. The Labute approximate surface area is 180 Å². The smallest absolute Gasteiger partial charge is 0.269 e. The Kier molecular flexibility index (Phi) is 7.18. The Morgan fingerprint density at radius 2 is 1.48 bits per heavy atom. The van der Waals surface area contributed by atoms with E-state index in [2.05, 4.69) is 16.8 Å². The number of halogens is 2. The third kappa shape index (κ3) is 4.35. The Bertz CT molecular complexity index is 910. The zero-order valence-corrected chi connectivity index (χ0v) is 17.4. The number of rotatable bonds is 3. The summed E-state index contributed by atoms with van der Waals surface area (Å²) >= 11 is 0. The van der Waals surface area contributed by atoms with Gasteiger partial charge in [-0.05, 0) is 23.7 Å². The summed E-state index contributed by atoms with van der Waals surface area (Å²) in [7, 11) is 2.07. The van der Waals surface area contributed by atoms with E-state index in [1.807, 2.05) is 6.07 Å². The first kappa shape index (κ1) is 23.0. The average Bonchev–Trinajstić information content (AvgIpc) is 2.67. The molecule has 0 N–H and O–H groups in total. The van der Waals surface area contributed by atoms with Crippen molar-refractivity contribution in [3.63, 3.8) is 0 Å². The molecule has 1 saturated heterocycles. The van der Waals surface area contributed by atoms with E-state index in [1.54, 1.807) is 24.3 Å². The first-order valence-corrected chi connectivity index (χ1v) is 8.89. The largest absolute Gasteiger partial charge is 0.303 e. The van der Waals surface area contributed by atoms with Gasteiger partial charge in [-0.15, -0.1) is 24.8 Å². The van der Waals surface area contributed by atoms with Gasteiger partial charge in [0.05, 0.1) is 9.85 Å². The molecule has 29 heavy (non-hydrogen) atoms. The number of non-ortho nitro benzene ring substituents is 2. The molecule has 2 aliphatic rings. The van der Waals surface area contributed by atoms with Crippen molar-refractivity contribution < 1.29 is 9.85 Å². The highest BCUT2D eigenvalue weighted by molar-refractivity contribution is 5.85. The number of piperazine rings is 1. The van der Waals surface area contributed by atoms with Crippen LogP contribution < -0.4 is 0 Å². The van der Waals surface area contributed by atoms with E-state index in [0.29, 0.717) is 0 Å². The molecular formula is C19H22Cl2N4O4. The fourth-order valence-electron chi connectivity index (χ4n) is 4.20. The lowest BCUT2D eigenvalue weighted by Gasteiger charge is -2.46. The first-order valence-electron chi connectivity index (χ1n) is 8.89. The van der Waals surface area contributed by atoms with Crippen LogP contribution in [0.5, 0.6) is 0 Å². The van der Waals surface area contributed by atoms with Crippen LogP contribution >= 0.6 is 24.8 Å². The monoisotopic (exact) mass is 440 g/mol. The van der Waals surface area contributed by atoms with Gasteiger partial charge in [0.1, 0.15) is 0 Å². The van der Waals surface area contributed by atoms with Crippen molar-refractivity contribution in [2.24, 2.45) is 0 Å². The molecule has 2 atom stereocenters. The van der Waals surface area contributed by atoms with Crippen LogP contribution in [0.3, 0.4) is 0 Å². The standard InChI is InChI=1S/C19H20N4O4.2ClH/c1-20-8-9-21-11-18(13-2-4-14(5-3-13)22(24)25)16-7-6-15(23(26)27)10-17(16)19(21)12-20;;/h2-7,10,18-19H,8-9,11-12H2,1H3;2*1H. The lowest BCUT2D eigenvalue weighted by Crippen LogP contribution is -2.50. The Balaban J connectivity index is 0.00000150. The van der Waals surface area contributed by atoms with Crippen LogP contribution in [0.15, 0.2) is 42.5 Å². The number of hydrogen-bond donors (Lipinski definition) is 0. The summed E-state index contributed by atoms with van der Waals surface area (Å²) in [5, 5.41) is 22.2. The summed E-state index contributed by atoms with van der Waals surface area (Å²) in [5.41, 5.74) is 3.23. The molecule has 0 radical (unpaired) electrons. The van der Waals surface area contributed by atoms with E-state index in [4.69, 9.17) is 0 Å². The Morgan fingerprint density at radius 1 is 0.862 bits per heavy atom. The molecule has 4 rings (SSSR count). The quantitative estimate of drug-likeness (QED) is 0.532. The van der Waals surface area contributed by atoms with Crippen LogP contribution in [0.2, 0.25) is 0 Å². The van der Waals surface area contributed by atoms with E-state index in [0.717, 1.165) is 42.9 Å². The molecule has 0 aromatic heterocycles. The van der Waals surface area contributed by atoms with Crippen LogP contribution in [-0.2, 0) is 0 Å². The predicted molar refractivity (Wildman–Crippen MR) is 114 cm³/mol. The van der Waals surface area contributed by atoms with Gasteiger partial charge in [0.15, 0.2) is 0 Å². The zero-order chi connectivity index (χ0) is 19.1. The number of nitro benzene ring substituents is 2. The molecule has 2 heterocycles. The van der Waals surface area contributed by atoms with E-state index in [9.17, 15) is 20.2 Å². The van der Waals surface area contributed by atoms with Gasteiger partial charge in [-0.2, -0.15) is 0 Å². The SMILES string of the molecule is CN1CCN2CC(c3ccc([N+](=O)[O-])cc3)c3ccc([N+](=O)[O-])cc3C2C1.Cl.Cl. The molecule has 10 heteroatoms. The molecule has 2 unspecified atom stereocenters. The molecule has 2 aliphatic heterocycles. The van der Waals surface area contributed by atoms with Crippen LogP contribution in [0.1, 0.15) is 28.7 Å². The maximum atomic E-state index is 11.3. The number of benzene rings is 2. The van der Waals surface area contributed by atoms with Crippen molar-refractivity contribution in [3.8, 4) is 0 Å². The highest BCUT2D eigenvalue weighted by atomic mass is 35.5. The average molecular weight is 441 g/mol. The summed E-state index contributed by atoms with van der Waals surface area (Å²) in [4.78, 5) is 26.1. The van der Waals surface area contributed by atoms with Gasteiger partial charge >= 0.3 is 0 Å². The summed E-state index contributed by atoms with van der Waals surface area (Å²) in [5.74, 6) is 0.0428. The van der Waals surface area contributed by atoms with Gasteiger partial charge in [0.25, 0.3) is 11.4 Å². The second kappa shape index (κ2) is 9.04. The second-order valence-corrected chi connectivity index (χ2v) is 7.24. The van der Waals surface area contributed by atoms with Gasteiger partial charge in [-0.1, -0.05) is 18.2 Å². The topological polar surface area (TPSA) is 92.8 Å². The molecule has 0 amide bonds. The maximum absolute atomic E-state index is 11.3. The third-order valence-electron chi connectivity index (χ3n) is 5.63. The third-order valence-corrected chi connectivity index (χ3v) is 5.63. The normalized spacial score (nSPS) is 21.1. The van der Waals surface area contributed by atoms with Crippen molar-refractivity contribution in [3.05, 3.63) is 79.4 Å². The number of nitro groups is 2. The fraction of sp³-hybridized carbons (Fsp3) is 0.368. The van der Waals surface area contributed by atoms with Gasteiger partial charge in [-0.25, -0.2) is 0 Å². The molecule has 2 aromatic carbocycles. The zero-order valence-electron chi connectivity index (χ0n) is 15.8. The van der Waals surface area contributed by atoms with Crippen LogP contribution in [-0.4, -0.2) is 52.9 Å². The number of fused-ring (bicyclic) bond motifs is 3. The minimum atomic E-state index is -0.404. The van der Waals surface area contributed by atoms with Gasteiger partial charge in [0.2, 0.25) is 0 Å². The lowest BCUT2D eigenvalue weighted by atomic mass is 9.80. The van der Waals surface area contributed by atoms with Crippen molar-refractivity contribution in [2.45, 2.75) is 12.0 Å². The number of hydrogen-bond acceptors (Lipinski definition) is 6. The van der Waals surface area contributed by atoms with Crippen LogP contribution in [0, 0.1) is 20.2 Å². The molecule has 2 aromatic rings. The minimum absolute atomic E-state index is 0. The molecule has 0 aliphatic carbocycles. The van der Waals surface area contributed by atoms with E-state index >= 15 is 0 Å². The molecule has 8 nitrogen and oxygen atoms in total. The van der Waals surface area contributed by atoms with Crippen LogP contribution in [0.4, 0.5) is 11.4 Å². The lowest BCUT2D eigenvalue weighted by molar-refractivity contribution is -0.385. The Hall–Kier alpha value is -2.26. The van der Waals surface area contributed by atoms with E-state index < -0.39 is 4.92 Å². The van der Waals surface area contributed by atoms with E-state index in [-0.39, 0.29) is 53.1 Å². The van der Waals surface area contributed by atoms with Gasteiger partial charge < -0.3 is 4.90 Å². The van der Waals surface area contributed by atoms with Crippen molar-refractivity contribution in [2.75, 3.05) is 33.2 Å². The molecule has 0 saturated carbocycles. The maximum Gasteiger partial charge on any atom is 0.269 e. The fourth-order valence-corrected chi connectivity index (χ4v) is 4.20. The van der Waals surface area contributed by atoms with Crippen LogP contribution in [0.25, 0.3) is 0 Å². The first-order chi connectivity index (χ1) is 12.9. The summed E-state index contributed by atoms with van der Waals surface area (Å²) in [6, 6.07) is 11.9. The second-order valence-electron chi connectivity index (χ2n) is 7.24. The van der Waals surface area contributed by atoms with Crippen molar-refractivity contribution >= 4 is 36.2 Å². The van der Waals surface area contributed by atoms with Crippen molar-refractivity contribution in [1.29, 1.82) is 0 Å². The molecule has 1 fully saturated rings. The summed E-state index contributed by atoms with van der Waals surface area (Å²) < 4.78 is 0. The highest BCUT2D eigenvalue weighted by Gasteiger charge is 2.37. The predicted octanol–water partition coefficient (Wildman–Crippen LogP) is 3.78. The summed E-state index contributed by atoms with van der Waals surface area (Å²) in [6.07, 6.45) is 0. The summed E-state index contributed by atoms with van der Waals surface area (Å²) in [6.45, 7) is 3.49. The van der Waals surface area contributed by atoms with Gasteiger partial charge in [-0.3, -0.25) is 25.1 Å². The van der Waals surface area contributed by atoms with E-state index in [1.165, 1.54) is 12.1 Å². The van der Waals surface area contributed by atoms with Crippen molar-refractivity contribution in [1.82, 2.24) is 9.80 Å². The molecule has 0 bridgehead atoms. The minimum Gasteiger partial charge on any atom is -0.303 e. The Morgan fingerprint density at radius 3 is 2.10 bits per heavy atom. The number of nitrogens with zero attached hydrogens (tertiary/aromatic N) is 4.